The number of ether oxygens (including phenoxy) is 1. The first-order chi connectivity index (χ1) is 24.9. The molecule has 0 aliphatic heterocycles. The summed E-state index contributed by atoms with van der Waals surface area (Å²) in [4.78, 5) is 26.7. The third kappa shape index (κ3) is 8.86. The van der Waals surface area contributed by atoms with E-state index in [0.717, 1.165) is 65.5 Å². The number of hydrogen-bond donors (Lipinski definition) is 2. The third-order valence-corrected chi connectivity index (χ3v) is 9.24. The molecule has 258 valence electrons. The number of aromatic hydroxyl groups is 1. The highest BCUT2D eigenvalue weighted by Crippen LogP contribution is 2.34. The van der Waals surface area contributed by atoms with Crippen LogP contribution >= 0.6 is 0 Å². The van der Waals surface area contributed by atoms with Gasteiger partial charge in [-0.3, -0.25) is 0 Å². The smallest absolute Gasteiger partial charge is 0.344 e. The molecular formula is C44H43N3O4. The molecule has 7 heteroatoms. The standard InChI is InChI=1S/C44H43N3O4/c1-3-5-8-13-30(4-2)28-40(44(49)50)51-37-26-27-38(39(48)29-37)43-46-41(35-22-18-33(19-23-35)31-14-9-6-10-15-31)45-42(47-43)36-24-20-34(21-25-36)32-16-11-7-12-17-32/h6-7,9-12,14-27,29-30,40,48H,3-5,8,13,28H2,1-2H3,(H,49,50). The summed E-state index contributed by atoms with van der Waals surface area (Å²) in [6.45, 7) is 4.24. The molecule has 2 unspecified atom stereocenters. The Bertz CT molecular complexity index is 1930. The summed E-state index contributed by atoms with van der Waals surface area (Å²) in [5.41, 5.74) is 6.35. The van der Waals surface area contributed by atoms with Crippen LogP contribution in [0.25, 0.3) is 56.4 Å². The number of phenolic OH excluding ortho intramolecular Hbond substituents is 1. The van der Waals surface area contributed by atoms with Crippen LogP contribution in [-0.2, 0) is 4.79 Å². The van der Waals surface area contributed by atoms with Gasteiger partial charge in [0.1, 0.15) is 11.5 Å². The van der Waals surface area contributed by atoms with Gasteiger partial charge in [-0.1, -0.05) is 155 Å². The van der Waals surface area contributed by atoms with Crippen molar-refractivity contribution in [1.29, 1.82) is 0 Å². The number of benzene rings is 5. The van der Waals surface area contributed by atoms with Crippen LogP contribution in [0.2, 0.25) is 0 Å². The second-order valence-corrected chi connectivity index (χ2v) is 12.8. The molecule has 0 saturated heterocycles. The molecule has 0 aliphatic rings. The summed E-state index contributed by atoms with van der Waals surface area (Å²) in [7, 11) is 0. The van der Waals surface area contributed by atoms with Crippen molar-refractivity contribution in [3.63, 3.8) is 0 Å². The summed E-state index contributed by atoms with van der Waals surface area (Å²) in [6.07, 6.45) is 4.56. The van der Waals surface area contributed by atoms with Crippen molar-refractivity contribution in [2.45, 2.75) is 58.5 Å². The predicted octanol–water partition coefficient (Wildman–Crippen LogP) is 10.7. The van der Waals surface area contributed by atoms with Crippen molar-refractivity contribution in [3.8, 4) is 67.9 Å². The quantitative estimate of drug-likeness (QED) is 0.104. The lowest BCUT2D eigenvalue weighted by Gasteiger charge is -2.21. The molecule has 6 rings (SSSR count). The van der Waals surface area contributed by atoms with E-state index in [1.807, 2.05) is 84.9 Å². The lowest BCUT2D eigenvalue weighted by Crippen LogP contribution is -2.29. The van der Waals surface area contributed by atoms with E-state index < -0.39 is 12.1 Å². The maximum absolute atomic E-state index is 12.2. The van der Waals surface area contributed by atoms with E-state index in [0.29, 0.717) is 23.6 Å². The van der Waals surface area contributed by atoms with Gasteiger partial charge in [-0.25, -0.2) is 19.7 Å². The van der Waals surface area contributed by atoms with E-state index in [1.54, 1.807) is 12.1 Å². The van der Waals surface area contributed by atoms with Gasteiger partial charge in [-0.15, -0.1) is 0 Å². The zero-order valence-corrected chi connectivity index (χ0v) is 29.1. The Morgan fingerprint density at radius 1 is 0.627 bits per heavy atom. The van der Waals surface area contributed by atoms with Crippen molar-refractivity contribution in [3.05, 3.63) is 127 Å². The fourth-order valence-corrected chi connectivity index (χ4v) is 6.25. The Balaban J connectivity index is 1.33. The molecular weight excluding hydrogens is 635 g/mol. The predicted molar refractivity (Wildman–Crippen MR) is 203 cm³/mol. The van der Waals surface area contributed by atoms with E-state index in [2.05, 4.69) is 38.1 Å². The molecule has 0 amide bonds. The van der Waals surface area contributed by atoms with Crippen molar-refractivity contribution in [1.82, 2.24) is 15.0 Å². The van der Waals surface area contributed by atoms with Gasteiger partial charge >= 0.3 is 5.97 Å². The number of nitrogens with zero attached hydrogens (tertiary/aromatic N) is 3. The number of phenols is 1. The summed E-state index contributed by atoms with van der Waals surface area (Å²) < 4.78 is 5.95. The highest BCUT2D eigenvalue weighted by atomic mass is 16.5. The fourth-order valence-electron chi connectivity index (χ4n) is 6.25. The van der Waals surface area contributed by atoms with Crippen LogP contribution < -0.4 is 4.74 Å². The largest absolute Gasteiger partial charge is 0.507 e. The van der Waals surface area contributed by atoms with Gasteiger partial charge in [-0.2, -0.15) is 0 Å². The average molecular weight is 678 g/mol. The van der Waals surface area contributed by atoms with Gasteiger partial charge in [0, 0.05) is 17.2 Å². The molecule has 6 aromatic rings. The molecule has 5 aromatic carbocycles. The highest BCUT2D eigenvalue weighted by Gasteiger charge is 2.24. The monoisotopic (exact) mass is 677 g/mol. The Morgan fingerprint density at radius 2 is 1.12 bits per heavy atom. The van der Waals surface area contributed by atoms with Crippen molar-refractivity contribution in [2.24, 2.45) is 5.92 Å². The Morgan fingerprint density at radius 3 is 1.59 bits per heavy atom. The van der Waals surface area contributed by atoms with Crippen molar-refractivity contribution < 1.29 is 19.7 Å². The second kappa shape index (κ2) is 16.7. The van der Waals surface area contributed by atoms with Gasteiger partial charge in [0.05, 0.1) is 5.56 Å². The number of rotatable bonds is 15. The van der Waals surface area contributed by atoms with Gasteiger partial charge in [0.2, 0.25) is 0 Å². The summed E-state index contributed by atoms with van der Waals surface area (Å²) in [6, 6.07) is 41.2. The van der Waals surface area contributed by atoms with E-state index >= 15 is 0 Å². The Kier molecular flexibility index (Phi) is 11.5. The first kappa shape index (κ1) is 35.0. The number of carboxylic acid groups (broad SMARTS) is 1. The first-order valence-electron chi connectivity index (χ1n) is 17.7. The molecule has 7 nitrogen and oxygen atoms in total. The number of carboxylic acids is 1. The van der Waals surface area contributed by atoms with Gasteiger partial charge < -0.3 is 14.9 Å². The molecule has 0 fully saturated rings. The van der Waals surface area contributed by atoms with E-state index in [-0.39, 0.29) is 23.2 Å². The number of aliphatic carboxylic acids is 1. The molecule has 0 saturated carbocycles. The first-order valence-corrected chi connectivity index (χ1v) is 17.7. The minimum atomic E-state index is -1.02. The molecule has 51 heavy (non-hydrogen) atoms. The van der Waals surface area contributed by atoms with Crippen LogP contribution in [0.1, 0.15) is 52.4 Å². The maximum Gasteiger partial charge on any atom is 0.344 e. The lowest BCUT2D eigenvalue weighted by atomic mass is 9.92. The highest BCUT2D eigenvalue weighted by molar-refractivity contribution is 5.75. The lowest BCUT2D eigenvalue weighted by molar-refractivity contribution is -0.146. The Labute approximate surface area is 299 Å². The molecule has 0 bridgehead atoms. The molecule has 0 aliphatic carbocycles. The van der Waals surface area contributed by atoms with Crippen LogP contribution in [-0.4, -0.2) is 37.2 Å². The van der Waals surface area contributed by atoms with Crippen LogP contribution in [0.3, 0.4) is 0 Å². The van der Waals surface area contributed by atoms with Crippen LogP contribution in [0.15, 0.2) is 127 Å². The van der Waals surface area contributed by atoms with E-state index in [4.69, 9.17) is 19.7 Å². The maximum atomic E-state index is 12.2. The zero-order chi connectivity index (χ0) is 35.6. The fraction of sp³-hybridized carbons (Fsp3) is 0.227. The minimum absolute atomic E-state index is 0.117. The third-order valence-electron chi connectivity index (χ3n) is 9.24. The van der Waals surface area contributed by atoms with Gasteiger partial charge in [0.25, 0.3) is 0 Å². The second-order valence-electron chi connectivity index (χ2n) is 12.8. The van der Waals surface area contributed by atoms with Crippen molar-refractivity contribution in [2.75, 3.05) is 0 Å². The van der Waals surface area contributed by atoms with Gasteiger partial charge in [-0.05, 0) is 46.7 Å². The summed E-state index contributed by atoms with van der Waals surface area (Å²) in [5, 5.41) is 21.3. The number of hydrogen-bond acceptors (Lipinski definition) is 6. The number of carbonyl (C=O) groups is 1. The average Bonchev–Trinajstić information content (AvgIpc) is 3.18. The number of unbranched alkanes of at least 4 members (excludes halogenated alkanes) is 2. The van der Waals surface area contributed by atoms with E-state index in [9.17, 15) is 15.0 Å². The van der Waals surface area contributed by atoms with Crippen LogP contribution in [0.5, 0.6) is 11.5 Å². The molecule has 1 aromatic heterocycles. The summed E-state index contributed by atoms with van der Waals surface area (Å²) in [5.74, 6) is 0.590. The molecule has 1 heterocycles. The van der Waals surface area contributed by atoms with Crippen molar-refractivity contribution >= 4 is 5.97 Å². The van der Waals surface area contributed by atoms with Crippen LogP contribution in [0.4, 0.5) is 0 Å². The van der Waals surface area contributed by atoms with E-state index in [1.165, 1.54) is 6.07 Å². The molecule has 0 spiro atoms. The van der Waals surface area contributed by atoms with Gasteiger partial charge in [0.15, 0.2) is 23.6 Å². The number of aromatic nitrogens is 3. The minimum Gasteiger partial charge on any atom is -0.507 e. The zero-order valence-electron chi connectivity index (χ0n) is 29.1. The normalized spacial score (nSPS) is 12.3. The Hall–Kier alpha value is -5.82. The molecule has 0 radical (unpaired) electrons. The van der Waals surface area contributed by atoms with Crippen LogP contribution in [0, 0.1) is 5.92 Å². The SMILES string of the molecule is CCCCCC(CC)CC(Oc1ccc(-c2nc(-c3ccc(-c4ccccc4)cc3)nc(-c3ccc(-c4ccccc4)cc3)n2)c(O)c1)C(=O)O. The molecule has 2 N–H and O–H groups in total. The topological polar surface area (TPSA) is 105 Å². The summed E-state index contributed by atoms with van der Waals surface area (Å²) >= 11 is 0. The molecule has 2 atom stereocenters.